The fourth-order valence-corrected chi connectivity index (χ4v) is 2.96. The Morgan fingerprint density at radius 1 is 1.19 bits per heavy atom. The molecule has 0 saturated carbocycles. The first-order valence-corrected chi connectivity index (χ1v) is 7.77. The van der Waals surface area contributed by atoms with Crippen LogP contribution in [0.3, 0.4) is 0 Å². The van der Waals surface area contributed by atoms with Gasteiger partial charge < -0.3 is 20.6 Å². The third-order valence-electron chi connectivity index (χ3n) is 4.25. The first-order chi connectivity index (χ1) is 10.2. The molecule has 6 heteroatoms. The SMILES string of the molecule is O=C(O)[C@H]1CC=CC[C@H]1C(=O)NCCCN1CCNCC1. The fraction of sp³-hybridized carbons (Fsp3) is 0.733. The molecule has 1 amide bonds. The van der Waals surface area contributed by atoms with Gasteiger partial charge in [-0.05, 0) is 25.8 Å². The van der Waals surface area contributed by atoms with E-state index in [9.17, 15) is 14.7 Å². The molecule has 6 nitrogen and oxygen atoms in total. The smallest absolute Gasteiger partial charge is 0.307 e. The molecule has 0 radical (unpaired) electrons. The number of rotatable bonds is 6. The molecule has 1 aliphatic carbocycles. The Hall–Kier alpha value is -1.40. The number of carboxylic acid groups (broad SMARTS) is 1. The van der Waals surface area contributed by atoms with Gasteiger partial charge in [-0.25, -0.2) is 0 Å². The summed E-state index contributed by atoms with van der Waals surface area (Å²) in [5, 5.41) is 15.4. The molecule has 1 aliphatic heterocycles. The molecule has 2 rings (SSSR count). The second-order valence-electron chi connectivity index (χ2n) is 5.73. The van der Waals surface area contributed by atoms with Gasteiger partial charge in [-0.15, -0.1) is 0 Å². The second kappa shape index (κ2) is 8.14. The van der Waals surface area contributed by atoms with Crippen LogP contribution in [0.1, 0.15) is 19.3 Å². The number of aliphatic carboxylic acids is 1. The molecule has 3 N–H and O–H groups in total. The lowest BCUT2D eigenvalue weighted by Crippen LogP contribution is -2.44. The number of nitrogens with one attached hydrogen (secondary N) is 2. The van der Waals surface area contributed by atoms with Crippen molar-refractivity contribution in [2.75, 3.05) is 39.3 Å². The van der Waals surface area contributed by atoms with Crippen LogP contribution in [0, 0.1) is 11.8 Å². The normalized spacial score (nSPS) is 26.5. The van der Waals surface area contributed by atoms with Crippen LogP contribution in [0.25, 0.3) is 0 Å². The van der Waals surface area contributed by atoms with Gasteiger partial charge >= 0.3 is 5.97 Å². The molecule has 0 aromatic rings. The van der Waals surface area contributed by atoms with E-state index in [1.165, 1.54) is 0 Å². The molecule has 1 saturated heterocycles. The lowest BCUT2D eigenvalue weighted by atomic mass is 9.82. The van der Waals surface area contributed by atoms with Gasteiger partial charge in [0.1, 0.15) is 0 Å². The summed E-state index contributed by atoms with van der Waals surface area (Å²) in [5.41, 5.74) is 0. The molecular formula is C15H25N3O3. The van der Waals surface area contributed by atoms with Gasteiger partial charge in [0.2, 0.25) is 5.91 Å². The number of piperazine rings is 1. The molecule has 0 aromatic heterocycles. The van der Waals surface area contributed by atoms with E-state index in [2.05, 4.69) is 15.5 Å². The molecule has 2 aliphatic rings. The highest BCUT2D eigenvalue weighted by molar-refractivity contribution is 5.85. The molecule has 1 fully saturated rings. The molecule has 0 bridgehead atoms. The van der Waals surface area contributed by atoms with Crippen LogP contribution in [0.2, 0.25) is 0 Å². The number of hydrogen-bond donors (Lipinski definition) is 3. The highest BCUT2D eigenvalue weighted by Crippen LogP contribution is 2.25. The topological polar surface area (TPSA) is 81.7 Å². The van der Waals surface area contributed by atoms with E-state index in [4.69, 9.17) is 0 Å². The van der Waals surface area contributed by atoms with E-state index in [-0.39, 0.29) is 5.91 Å². The molecule has 21 heavy (non-hydrogen) atoms. The van der Waals surface area contributed by atoms with Crippen LogP contribution in [0.15, 0.2) is 12.2 Å². The van der Waals surface area contributed by atoms with E-state index >= 15 is 0 Å². The average molecular weight is 295 g/mol. The largest absolute Gasteiger partial charge is 0.481 e. The maximum absolute atomic E-state index is 12.1. The van der Waals surface area contributed by atoms with E-state index in [0.717, 1.165) is 39.1 Å². The van der Waals surface area contributed by atoms with Crippen molar-refractivity contribution in [1.29, 1.82) is 0 Å². The van der Waals surface area contributed by atoms with E-state index in [0.29, 0.717) is 19.4 Å². The van der Waals surface area contributed by atoms with Crippen molar-refractivity contribution in [2.24, 2.45) is 11.8 Å². The minimum absolute atomic E-state index is 0.118. The Morgan fingerprint density at radius 2 is 1.86 bits per heavy atom. The Morgan fingerprint density at radius 3 is 2.52 bits per heavy atom. The third kappa shape index (κ3) is 4.82. The Bertz CT molecular complexity index is 392. The summed E-state index contributed by atoms with van der Waals surface area (Å²) in [7, 11) is 0. The number of carbonyl (C=O) groups is 2. The molecule has 0 spiro atoms. The molecule has 0 unspecified atom stereocenters. The van der Waals surface area contributed by atoms with Crippen molar-refractivity contribution in [2.45, 2.75) is 19.3 Å². The van der Waals surface area contributed by atoms with Gasteiger partial charge in [0, 0.05) is 32.7 Å². The van der Waals surface area contributed by atoms with Gasteiger partial charge in [-0.1, -0.05) is 12.2 Å². The van der Waals surface area contributed by atoms with Crippen LogP contribution in [-0.2, 0) is 9.59 Å². The highest BCUT2D eigenvalue weighted by atomic mass is 16.4. The van der Waals surface area contributed by atoms with Crippen LogP contribution in [0.5, 0.6) is 0 Å². The zero-order valence-electron chi connectivity index (χ0n) is 12.4. The van der Waals surface area contributed by atoms with Crippen molar-refractivity contribution < 1.29 is 14.7 Å². The number of amides is 1. The zero-order chi connectivity index (χ0) is 15.1. The van der Waals surface area contributed by atoms with Crippen molar-refractivity contribution in [3.05, 3.63) is 12.2 Å². The molecule has 1 heterocycles. The van der Waals surface area contributed by atoms with Gasteiger partial charge in [-0.2, -0.15) is 0 Å². The number of allylic oxidation sites excluding steroid dienone is 2. The van der Waals surface area contributed by atoms with E-state index in [1.54, 1.807) is 0 Å². The summed E-state index contributed by atoms with van der Waals surface area (Å²) in [6.07, 6.45) is 5.65. The Kier molecular flexibility index (Phi) is 6.20. The van der Waals surface area contributed by atoms with E-state index in [1.807, 2.05) is 12.2 Å². The maximum atomic E-state index is 12.1. The predicted octanol–water partition coefficient (Wildman–Crippen LogP) is 0.0649. The summed E-state index contributed by atoms with van der Waals surface area (Å²) in [6, 6.07) is 0. The third-order valence-corrected chi connectivity index (χ3v) is 4.25. The number of carboxylic acids is 1. The van der Waals surface area contributed by atoms with Crippen molar-refractivity contribution in [3.8, 4) is 0 Å². The Labute approximate surface area is 125 Å². The first kappa shape index (κ1) is 16.0. The summed E-state index contributed by atoms with van der Waals surface area (Å²) in [4.78, 5) is 25.7. The van der Waals surface area contributed by atoms with E-state index < -0.39 is 17.8 Å². The standard InChI is InChI=1S/C15H25N3O3/c19-14(12-4-1-2-5-13(12)15(20)21)17-6-3-9-18-10-7-16-8-11-18/h1-2,12-13,16H,3-11H2,(H,17,19)(H,20,21)/t12-,13+/m1/s1. The summed E-state index contributed by atoms with van der Waals surface area (Å²) in [5.74, 6) is -2.00. The van der Waals surface area contributed by atoms with Gasteiger partial charge in [0.05, 0.1) is 11.8 Å². The Balaban J connectivity index is 1.68. The summed E-state index contributed by atoms with van der Waals surface area (Å²) >= 11 is 0. The minimum Gasteiger partial charge on any atom is -0.481 e. The minimum atomic E-state index is -0.875. The van der Waals surface area contributed by atoms with Gasteiger partial charge in [-0.3, -0.25) is 9.59 Å². The van der Waals surface area contributed by atoms with Crippen LogP contribution in [0.4, 0.5) is 0 Å². The quantitative estimate of drug-likeness (QED) is 0.477. The van der Waals surface area contributed by atoms with Crippen molar-refractivity contribution in [3.63, 3.8) is 0 Å². The highest BCUT2D eigenvalue weighted by Gasteiger charge is 2.33. The number of nitrogens with zero attached hydrogens (tertiary/aromatic N) is 1. The van der Waals surface area contributed by atoms with Gasteiger partial charge in [0.15, 0.2) is 0 Å². The molecule has 0 aromatic carbocycles. The first-order valence-electron chi connectivity index (χ1n) is 7.77. The van der Waals surface area contributed by atoms with Crippen molar-refractivity contribution >= 4 is 11.9 Å². The molecular weight excluding hydrogens is 270 g/mol. The monoisotopic (exact) mass is 295 g/mol. The average Bonchev–Trinajstić information content (AvgIpc) is 2.52. The van der Waals surface area contributed by atoms with Crippen LogP contribution in [-0.4, -0.2) is 61.2 Å². The summed E-state index contributed by atoms with van der Waals surface area (Å²) in [6.45, 7) is 5.78. The predicted molar refractivity (Wildman–Crippen MR) is 79.9 cm³/mol. The second-order valence-corrected chi connectivity index (χ2v) is 5.73. The lowest BCUT2D eigenvalue weighted by molar-refractivity contribution is -0.147. The van der Waals surface area contributed by atoms with Crippen LogP contribution >= 0.6 is 0 Å². The number of hydrogen-bond acceptors (Lipinski definition) is 4. The molecule has 2 atom stereocenters. The van der Waals surface area contributed by atoms with Gasteiger partial charge in [0.25, 0.3) is 0 Å². The van der Waals surface area contributed by atoms with Crippen LogP contribution < -0.4 is 10.6 Å². The lowest BCUT2D eigenvalue weighted by Gasteiger charge is -2.27. The zero-order valence-corrected chi connectivity index (χ0v) is 12.4. The maximum Gasteiger partial charge on any atom is 0.307 e. The molecule has 118 valence electrons. The summed E-state index contributed by atoms with van der Waals surface area (Å²) < 4.78 is 0. The number of carbonyl (C=O) groups excluding carboxylic acids is 1. The fourth-order valence-electron chi connectivity index (χ4n) is 2.96. The van der Waals surface area contributed by atoms with Crippen molar-refractivity contribution in [1.82, 2.24) is 15.5 Å².